The van der Waals surface area contributed by atoms with E-state index in [2.05, 4.69) is 19.2 Å². The molecule has 0 aliphatic carbocycles. The highest BCUT2D eigenvalue weighted by Gasteiger charge is 2.29. The Kier molecular flexibility index (Phi) is 4.93. The maximum absolute atomic E-state index is 11.1. The molecule has 2 unspecified atom stereocenters. The predicted molar refractivity (Wildman–Crippen MR) is 66.2 cm³/mol. The van der Waals surface area contributed by atoms with Crippen LogP contribution in [-0.4, -0.2) is 42.4 Å². The van der Waals surface area contributed by atoms with Crippen LogP contribution in [0, 0.1) is 11.8 Å². The van der Waals surface area contributed by atoms with E-state index in [1.165, 1.54) is 6.92 Å². The van der Waals surface area contributed by atoms with E-state index < -0.39 is 0 Å². The standard InChI is InChI=1S/C12H23N3O2/c1-8(2)10-4-11(14-9(3)16)6-15(5-10)7-12(13)17/h8,10-11H,4-7H2,1-3H3,(H2,13,17)(H,14,16). The number of nitrogens with two attached hydrogens (primary N) is 1. The van der Waals surface area contributed by atoms with Crippen molar-refractivity contribution >= 4 is 11.8 Å². The Hall–Kier alpha value is -1.10. The van der Waals surface area contributed by atoms with E-state index >= 15 is 0 Å². The van der Waals surface area contributed by atoms with E-state index in [9.17, 15) is 9.59 Å². The minimum absolute atomic E-state index is 0.0153. The molecular formula is C12H23N3O2. The van der Waals surface area contributed by atoms with Gasteiger partial charge in [-0.2, -0.15) is 0 Å². The van der Waals surface area contributed by atoms with Gasteiger partial charge in [-0.25, -0.2) is 0 Å². The molecule has 3 N–H and O–H groups in total. The van der Waals surface area contributed by atoms with Crippen LogP contribution in [0.25, 0.3) is 0 Å². The zero-order valence-corrected chi connectivity index (χ0v) is 10.9. The number of nitrogens with zero attached hydrogens (tertiary/aromatic N) is 1. The van der Waals surface area contributed by atoms with Crippen molar-refractivity contribution in [1.82, 2.24) is 10.2 Å². The van der Waals surface area contributed by atoms with Crippen molar-refractivity contribution in [2.24, 2.45) is 17.6 Å². The van der Waals surface area contributed by atoms with Crippen LogP contribution in [0.4, 0.5) is 0 Å². The van der Waals surface area contributed by atoms with E-state index in [1.54, 1.807) is 0 Å². The van der Waals surface area contributed by atoms with Gasteiger partial charge >= 0.3 is 0 Å². The minimum atomic E-state index is -0.309. The molecule has 5 nitrogen and oxygen atoms in total. The predicted octanol–water partition coefficient (Wildman–Crippen LogP) is -0.0457. The topological polar surface area (TPSA) is 75.4 Å². The van der Waals surface area contributed by atoms with Crippen molar-refractivity contribution < 1.29 is 9.59 Å². The number of primary amides is 1. The van der Waals surface area contributed by atoms with Crippen LogP contribution < -0.4 is 11.1 Å². The van der Waals surface area contributed by atoms with E-state index in [0.717, 1.165) is 13.0 Å². The monoisotopic (exact) mass is 241 g/mol. The van der Waals surface area contributed by atoms with Crippen molar-refractivity contribution in [3.63, 3.8) is 0 Å². The molecule has 0 aromatic heterocycles. The molecule has 0 radical (unpaired) electrons. The van der Waals surface area contributed by atoms with Crippen LogP contribution in [-0.2, 0) is 9.59 Å². The van der Waals surface area contributed by atoms with Gasteiger partial charge in [-0.3, -0.25) is 14.5 Å². The van der Waals surface area contributed by atoms with Gasteiger partial charge in [0.05, 0.1) is 6.54 Å². The number of nitrogens with one attached hydrogen (secondary N) is 1. The Balaban J connectivity index is 2.61. The lowest BCUT2D eigenvalue weighted by atomic mass is 9.85. The Morgan fingerprint density at radius 1 is 1.41 bits per heavy atom. The van der Waals surface area contributed by atoms with Gasteiger partial charge in [0, 0.05) is 26.1 Å². The summed E-state index contributed by atoms with van der Waals surface area (Å²) in [4.78, 5) is 24.1. The molecule has 0 saturated carbocycles. The second-order valence-corrected chi connectivity index (χ2v) is 5.30. The molecule has 2 amide bonds. The quantitative estimate of drug-likeness (QED) is 0.725. The maximum Gasteiger partial charge on any atom is 0.231 e. The highest BCUT2D eigenvalue weighted by molar-refractivity contribution is 5.76. The summed E-state index contributed by atoms with van der Waals surface area (Å²) in [5.41, 5.74) is 5.22. The Labute approximate surface area is 103 Å². The lowest BCUT2D eigenvalue weighted by molar-refractivity contribution is -0.120. The van der Waals surface area contributed by atoms with Crippen molar-refractivity contribution in [3.8, 4) is 0 Å². The molecule has 0 bridgehead atoms. The molecule has 5 heteroatoms. The largest absolute Gasteiger partial charge is 0.369 e. The first kappa shape index (κ1) is 14.0. The zero-order valence-electron chi connectivity index (χ0n) is 10.9. The molecule has 1 saturated heterocycles. The van der Waals surface area contributed by atoms with Crippen LogP contribution in [0.3, 0.4) is 0 Å². The summed E-state index contributed by atoms with van der Waals surface area (Å²) in [5, 5.41) is 2.94. The molecule has 0 spiro atoms. The molecule has 2 atom stereocenters. The molecule has 1 fully saturated rings. The van der Waals surface area contributed by atoms with Crippen LogP contribution in [0.1, 0.15) is 27.2 Å². The minimum Gasteiger partial charge on any atom is -0.369 e. The smallest absolute Gasteiger partial charge is 0.231 e. The maximum atomic E-state index is 11.1. The fourth-order valence-corrected chi connectivity index (χ4v) is 2.46. The van der Waals surface area contributed by atoms with E-state index in [-0.39, 0.29) is 24.4 Å². The number of amides is 2. The normalized spacial score (nSPS) is 25.9. The number of carbonyl (C=O) groups excluding carboxylic acids is 2. The zero-order chi connectivity index (χ0) is 13.0. The molecule has 1 aliphatic rings. The average molecular weight is 241 g/mol. The molecule has 1 aliphatic heterocycles. The van der Waals surface area contributed by atoms with E-state index in [1.807, 2.05) is 4.90 Å². The van der Waals surface area contributed by atoms with Gasteiger partial charge in [-0.1, -0.05) is 13.8 Å². The summed E-state index contributed by atoms with van der Waals surface area (Å²) in [6, 6.07) is 0.132. The number of rotatable bonds is 4. The second-order valence-electron chi connectivity index (χ2n) is 5.30. The summed E-state index contributed by atoms with van der Waals surface area (Å²) in [6.07, 6.45) is 0.979. The summed E-state index contributed by atoms with van der Waals surface area (Å²) in [6.45, 7) is 7.74. The molecule has 17 heavy (non-hydrogen) atoms. The highest BCUT2D eigenvalue weighted by Crippen LogP contribution is 2.23. The molecule has 0 aromatic rings. The first-order chi connectivity index (χ1) is 7.88. The molecule has 1 heterocycles. The van der Waals surface area contributed by atoms with Crippen molar-refractivity contribution in [2.75, 3.05) is 19.6 Å². The Morgan fingerprint density at radius 2 is 2.06 bits per heavy atom. The fourth-order valence-electron chi connectivity index (χ4n) is 2.46. The summed E-state index contributed by atoms with van der Waals surface area (Å²) in [5.74, 6) is 0.719. The van der Waals surface area contributed by atoms with Crippen LogP contribution in [0.5, 0.6) is 0 Å². The Bertz CT molecular complexity index is 267. The van der Waals surface area contributed by atoms with Gasteiger partial charge in [0.15, 0.2) is 0 Å². The first-order valence-corrected chi connectivity index (χ1v) is 6.16. The Morgan fingerprint density at radius 3 is 2.53 bits per heavy atom. The lowest BCUT2D eigenvalue weighted by Crippen LogP contribution is -2.53. The van der Waals surface area contributed by atoms with Gasteiger partial charge in [-0.15, -0.1) is 0 Å². The number of hydrogen-bond donors (Lipinski definition) is 2. The third-order valence-electron chi connectivity index (χ3n) is 3.29. The third kappa shape index (κ3) is 4.73. The number of piperidine rings is 1. The van der Waals surface area contributed by atoms with Crippen LogP contribution in [0.15, 0.2) is 0 Å². The van der Waals surface area contributed by atoms with Crippen molar-refractivity contribution in [2.45, 2.75) is 33.2 Å². The highest BCUT2D eigenvalue weighted by atomic mass is 16.2. The van der Waals surface area contributed by atoms with Crippen molar-refractivity contribution in [1.29, 1.82) is 0 Å². The van der Waals surface area contributed by atoms with Gasteiger partial charge in [0.1, 0.15) is 0 Å². The summed E-state index contributed by atoms with van der Waals surface area (Å²) in [7, 11) is 0. The molecule has 0 aromatic carbocycles. The first-order valence-electron chi connectivity index (χ1n) is 6.16. The molecular weight excluding hydrogens is 218 g/mol. The van der Waals surface area contributed by atoms with Gasteiger partial charge in [-0.05, 0) is 18.3 Å². The number of likely N-dealkylation sites (tertiary alicyclic amines) is 1. The van der Waals surface area contributed by atoms with Gasteiger partial charge in [0.25, 0.3) is 0 Å². The SMILES string of the molecule is CC(=O)NC1CC(C(C)C)CN(CC(N)=O)C1. The van der Waals surface area contributed by atoms with Crippen molar-refractivity contribution in [3.05, 3.63) is 0 Å². The third-order valence-corrected chi connectivity index (χ3v) is 3.29. The van der Waals surface area contributed by atoms with Gasteiger partial charge < -0.3 is 11.1 Å². The summed E-state index contributed by atoms with van der Waals surface area (Å²) < 4.78 is 0. The average Bonchev–Trinajstić information content (AvgIpc) is 2.14. The number of carbonyl (C=O) groups is 2. The van der Waals surface area contributed by atoms with E-state index in [0.29, 0.717) is 18.4 Å². The summed E-state index contributed by atoms with van der Waals surface area (Å²) >= 11 is 0. The fraction of sp³-hybridized carbons (Fsp3) is 0.833. The lowest BCUT2D eigenvalue weighted by Gasteiger charge is -2.39. The van der Waals surface area contributed by atoms with E-state index in [4.69, 9.17) is 5.73 Å². The van der Waals surface area contributed by atoms with Crippen LogP contribution in [0.2, 0.25) is 0 Å². The molecule has 1 rings (SSSR count). The molecule has 98 valence electrons. The van der Waals surface area contributed by atoms with Gasteiger partial charge in [0.2, 0.25) is 11.8 Å². The van der Waals surface area contributed by atoms with Crippen LogP contribution >= 0.6 is 0 Å². The second kappa shape index (κ2) is 6.00. The number of hydrogen-bond acceptors (Lipinski definition) is 3.